The summed E-state index contributed by atoms with van der Waals surface area (Å²) in [5.41, 5.74) is 2.92. The van der Waals surface area contributed by atoms with E-state index < -0.39 is 0 Å². The van der Waals surface area contributed by atoms with Crippen LogP contribution in [0.5, 0.6) is 0 Å². The molecule has 0 spiro atoms. The van der Waals surface area contributed by atoms with E-state index in [0.717, 1.165) is 30.1 Å². The molecule has 8 heteroatoms. The van der Waals surface area contributed by atoms with E-state index >= 15 is 0 Å². The van der Waals surface area contributed by atoms with Gasteiger partial charge < -0.3 is 9.32 Å². The highest BCUT2D eigenvalue weighted by molar-refractivity contribution is 6.30. The summed E-state index contributed by atoms with van der Waals surface area (Å²) < 4.78 is 5.85. The van der Waals surface area contributed by atoms with Crippen LogP contribution in [0.15, 0.2) is 52.9 Å². The predicted octanol–water partition coefficient (Wildman–Crippen LogP) is 4.55. The van der Waals surface area contributed by atoms with Gasteiger partial charge in [0.15, 0.2) is 0 Å². The first-order valence-corrected chi connectivity index (χ1v) is 10.2. The summed E-state index contributed by atoms with van der Waals surface area (Å²) >= 11 is 6.07. The molecule has 1 saturated heterocycles. The number of aryl methyl sites for hydroxylation is 1. The van der Waals surface area contributed by atoms with Crippen LogP contribution in [0.25, 0.3) is 11.5 Å². The van der Waals surface area contributed by atoms with Crippen molar-refractivity contribution in [2.24, 2.45) is 0 Å². The smallest absolute Gasteiger partial charge is 0.253 e. The fraction of sp³-hybridized carbons (Fsp3) is 0.261. The summed E-state index contributed by atoms with van der Waals surface area (Å²) in [6, 6.07) is 16.3. The fourth-order valence-electron chi connectivity index (χ4n) is 3.51. The maximum absolute atomic E-state index is 12.7. The van der Waals surface area contributed by atoms with Crippen LogP contribution in [-0.4, -0.2) is 46.9 Å². The summed E-state index contributed by atoms with van der Waals surface area (Å²) in [5, 5.41) is 9.54. The number of benzene rings is 2. The number of piperazine rings is 1. The highest BCUT2D eigenvalue weighted by atomic mass is 35.5. The van der Waals surface area contributed by atoms with Gasteiger partial charge in [-0.3, -0.25) is 9.69 Å². The molecule has 4 rings (SSSR count). The van der Waals surface area contributed by atoms with Gasteiger partial charge in [0.25, 0.3) is 5.91 Å². The molecule has 1 aliphatic heterocycles. The Morgan fingerprint density at radius 3 is 2.52 bits per heavy atom. The SMILES string of the molecule is Cc1oc(-c2cccc(Cl)c2)nc1CN1CCN(C(=O)c2ccc(C#N)cc2)CC1.Cl. The van der Waals surface area contributed by atoms with E-state index in [9.17, 15) is 4.79 Å². The Kier molecular flexibility index (Phi) is 7.34. The molecule has 2 aromatic carbocycles. The maximum atomic E-state index is 12.7. The number of halogens is 2. The number of hydrogen-bond acceptors (Lipinski definition) is 5. The standard InChI is InChI=1S/C23H21ClN4O2.ClH/c1-16-21(26-22(30-16)19-3-2-4-20(24)13-19)15-27-9-11-28(12-10-27)23(29)18-7-5-17(14-25)6-8-18;/h2-8,13H,9-12,15H2,1H3;1H. The van der Waals surface area contributed by atoms with Crippen molar-refractivity contribution >= 4 is 29.9 Å². The van der Waals surface area contributed by atoms with Crippen LogP contribution < -0.4 is 0 Å². The lowest BCUT2D eigenvalue weighted by Crippen LogP contribution is -2.48. The third kappa shape index (κ3) is 5.26. The van der Waals surface area contributed by atoms with Crippen LogP contribution in [0.3, 0.4) is 0 Å². The molecular weight excluding hydrogens is 435 g/mol. The number of amides is 1. The second-order valence-corrected chi connectivity index (χ2v) is 7.73. The molecule has 2 heterocycles. The van der Waals surface area contributed by atoms with Gasteiger partial charge in [0.05, 0.1) is 17.3 Å². The van der Waals surface area contributed by atoms with Crippen molar-refractivity contribution in [3.05, 3.63) is 76.1 Å². The first kappa shape index (κ1) is 22.8. The highest BCUT2D eigenvalue weighted by Crippen LogP contribution is 2.25. The first-order chi connectivity index (χ1) is 14.5. The Balaban J connectivity index is 0.00000272. The largest absolute Gasteiger partial charge is 0.441 e. The molecule has 1 aromatic heterocycles. The number of aromatic nitrogens is 1. The van der Waals surface area contributed by atoms with E-state index in [1.54, 1.807) is 24.3 Å². The first-order valence-electron chi connectivity index (χ1n) is 9.77. The fourth-order valence-corrected chi connectivity index (χ4v) is 3.70. The molecule has 0 N–H and O–H groups in total. The molecule has 0 atom stereocenters. The van der Waals surface area contributed by atoms with Gasteiger partial charge in [-0.25, -0.2) is 4.98 Å². The van der Waals surface area contributed by atoms with Crippen LogP contribution in [0.2, 0.25) is 5.02 Å². The minimum Gasteiger partial charge on any atom is -0.441 e. The molecule has 31 heavy (non-hydrogen) atoms. The quantitative estimate of drug-likeness (QED) is 0.575. The van der Waals surface area contributed by atoms with Gasteiger partial charge >= 0.3 is 0 Å². The Bertz CT molecular complexity index is 1100. The number of nitrogens with zero attached hydrogens (tertiary/aromatic N) is 4. The number of nitriles is 1. The zero-order chi connectivity index (χ0) is 21.1. The van der Waals surface area contributed by atoms with Gasteiger partial charge in [0.1, 0.15) is 5.76 Å². The molecule has 0 unspecified atom stereocenters. The Morgan fingerprint density at radius 1 is 1.16 bits per heavy atom. The molecule has 6 nitrogen and oxygen atoms in total. The number of hydrogen-bond donors (Lipinski definition) is 0. The van der Waals surface area contributed by atoms with Crippen LogP contribution in [-0.2, 0) is 6.54 Å². The lowest BCUT2D eigenvalue weighted by molar-refractivity contribution is 0.0626. The van der Waals surface area contributed by atoms with Crippen molar-refractivity contribution in [2.75, 3.05) is 26.2 Å². The van der Waals surface area contributed by atoms with Gasteiger partial charge in [-0.2, -0.15) is 5.26 Å². The number of oxazole rings is 1. The lowest BCUT2D eigenvalue weighted by atomic mass is 10.1. The summed E-state index contributed by atoms with van der Waals surface area (Å²) in [6.45, 7) is 5.42. The van der Waals surface area contributed by atoms with Crippen LogP contribution >= 0.6 is 24.0 Å². The van der Waals surface area contributed by atoms with Crippen molar-refractivity contribution in [2.45, 2.75) is 13.5 Å². The van der Waals surface area contributed by atoms with Crippen molar-refractivity contribution < 1.29 is 9.21 Å². The zero-order valence-electron chi connectivity index (χ0n) is 17.0. The second kappa shape index (κ2) is 9.97. The average molecular weight is 457 g/mol. The van der Waals surface area contributed by atoms with Gasteiger partial charge in [0.2, 0.25) is 5.89 Å². The van der Waals surface area contributed by atoms with E-state index in [1.807, 2.05) is 36.1 Å². The highest BCUT2D eigenvalue weighted by Gasteiger charge is 2.23. The molecule has 0 saturated carbocycles. The zero-order valence-corrected chi connectivity index (χ0v) is 18.6. The number of carbonyl (C=O) groups excluding carboxylic acids is 1. The Morgan fingerprint density at radius 2 is 1.87 bits per heavy atom. The van der Waals surface area contributed by atoms with E-state index in [4.69, 9.17) is 21.3 Å². The minimum absolute atomic E-state index is 0. The molecule has 1 amide bonds. The lowest BCUT2D eigenvalue weighted by Gasteiger charge is -2.34. The van der Waals surface area contributed by atoms with E-state index in [1.165, 1.54) is 0 Å². The van der Waals surface area contributed by atoms with Crippen LogP contribution in [0.1, 0.15) is 27.4 Å². The average Bonchev–Trinajstić information content (AvgIpc) is 3.14. The molecule has 1 fully saturated rings. The third-order valence-electron chi connectivity index (χ3n) is 5.26. The molecule has 0 radical (unpaired) electrons. The van der Waals surface area contributed by atoms with Crippen LogP contribution in [0, 0.1) is 18.3 Å². The molecule has 1 aliphatic rings. The molecular formula is C23H22Cl2N4O2. The van der Waals surface area contributed by atoms with Crippen molar-refractivity contribution in [1.82, 2.24) is 14.8 Å². The topological polar surface area (TPSA) is 73.4 Å². The van der Waals surface area contributed by atoms with E-state index in [2.05, 4.69) is 16.0 Å². The van der Waals surface area contributed by atoms with Gasteiger partial charge in [-0.05, 0) is 49.4 Å². The second-order valence-electron chi connectivity index (χ2n) is 7.29. The van der Waals surface area contributed by atoms with Crippen molar-refractivity contribution in [3.63, 3.8) is 0 Å². The Hall–Kier alpha value is -2.85. The molecule has 3 aromatic rings. The summed E-state index contributed by atoms with van der Waals surface area (Å²) in [4.78, 5) is 21.5. The normalized spacial score (nSPS) is 14.0. The monoisotopic (exact) mass is 456 g/mol. The summed E-state index contributed by atoms with van der Waals surface area (Å²) in [5.74, 6) is 1.36. The summed E-state index contributed by atoms with van der Waals surface area (Å²) in [6.07, 6.45) is 0. The predicted molar refractivity (Wildman–Crippen MR) is 121 cm³/mol. The van der Waals surface area contributed by atoms with E-state index in [0.29, 0.717) is 41.7 Å². The van der Waals surface area contributed by atoms with Gasteiger partial charge in [-0.1, -0.05) is 17.7 Å². The van der Waals surface area contributed by atoms with Crippen molar-refractivity contribution in [1.29, 1.82) is 5.26 Å². The molecule has 0 bridgehead atoms. The Labute approximate surface area is 192 Å². The third-order valence-corrected chi connectivity index (χ3v) is 5.49. The molecule has 160 valence electrons. The van der Waals surface area contributed by atoms with Gasteiger partial charge in [0, 0.05) is 48.9 Å². The summed E-state index contributed by atoms with van der Waals surface area (Å²) in [7, 11) is 0. The maximum Gasteiger partial charge on any atom is 0.253 e. The number of carbonyl (C=O) groups is 1. The minimum atomic E-state index is -0.000000912. The van der Waals surface area contributed by atoms with Crippen molar-refractivity contribution in [3.8, 4) is 17.5 Å². The number of rotatable bonds is 4. The molecule has 0 aliphatic carbocycles. The van der Waals surface area contributed by atoms with E-state index in [-0.39, 0.29) is 18.3 Å². The van der Waals surface area contributed by atoms with Gasteiger partial charge in [-0.15, -0.1) is 12.4 Å². The van der Waals surface area contributed by atoms with Crippen LogP contribution in [0.4, 0.5) is 0 Å².